The van der Waals surface area contributed by atoms with Gasteiger partial charge in [-0.3, -0.25) is 0 Å². The highest BCUT2D eigenvalue weighted by molar-refractivity contribution is 8.93. The first-order valence-corrected chi connectivity index (χ1v) is 10.6. The molecule has 3 heteroatoms. The molecule has 1 aromatic rings. The van der Waals surface area contributed by atoms with Crippen LogP contribution in [-0.2, 0) is 0 Å². The van der Waals surface area contributed by atoms with Gasteiger partial charge in [0.25, 0.3) is 0 Å². The topological polar surface area (TPSA) is 20.2 Å². The first-order chi connectivity index (χ1) is 11.6. The summed E-state index contributed by atoms with van der Waals surface area (Å²) in [6, 6.07) is 5.62. The molecule has 0 aliphatic carbocycles. The first-order valence-electron chi connectivity index (χ1n) is 10.1. The van der Waals surface area contributed by atoms with E-state index < -0.39 is 0 Å². The van der Waals surface area contributed by atoms with Crippen molar-refractivity contribution in [1.82, 2.24) is 0 Å². The number of hydrogen-bond donors (Lipinski definition) is 2. The van der Waals surface area contributed by atoms with Crippen LogP contribution in [0, 0.1) is 6.92 Å². The standard InChI is InChI=1S/C22H38OS.BrH/c1-3-4-5-6-7-8-9-10-11-12-13-14-15-22(24)21-17-16-20(23)18-19(21)2;/h16-18,22-24H,3-15H2,1-2H3;1H. The van der Waals surface area contributed by atoms with Gasteiger partial charge in [-0.1, -0.05) is 90.0 Å². The minimum absolute atomic E-state index is 0. The summed E-state index contributed by atoms with van der Waals surface area (Å²) in [6.07, 6.45) is 17.8. The van der Waals surface area contributed by atoms with Gasteiger partial charge in [-0.25, -0.2) is 0 Å². The summed E-state index contributed by atoms with van der Waals surface area (Å²) >= 11 is 4.75. The molecule has 1 nitrogen and oxygen atoms in total. The molecule has 0 aliphatic heterocycles. The fourth-order valence-electron chi connectivity index (χ4n) is 3.37. The van der Waals surface area contributed by atoms with Crippen molar-refractivity contribution in [2.24, 2.45) is 0 Å². The Morgan fingerprint density at radius 3 is 1.80 bits per heavy atom. The summed E-state index contributed by atoms with van der Waals surface area (Å²) in [5.41, 5.74) is 2.41. The van der Waals surface area contributed by atoms with E-state index in [1.54, 1.807) is 6.07 Å². The minimum Gasteiger partial charge on any atom is -0.508 e. The van der Waals surface area contributed by atoms with Crippen LogP contribution in [0.4, 0.5) is 0 Å². The zero-order chi connectivity index (χ0) is 17.6. The molecule has 0 aromatic heterocycles. The monoisotopic (exact) mass is 430 g/mol. The van der Waals surface area contributed by atoms with Crippen LogP contribution in [0.3, 0.4) is 0 Å². The predicted molar refractivity (Wildman–Crippen MR) is 121 cm³/mol. The maximum absolute atomic E-state index is 9.48. The van der Waals surface area contributed by atoms with Gasteiger partial charge in [-0.2, -0.15) is 12.6 Å². The summed E-state index contributed by atoms with van der Waals surface area (Å²) in [7, 11) is 0. The zero-order valence-electron chi connectivity index (χ0n) is 16.3. The molecule has 0 amide bonds. The van der Waals surface area contributed by atoms with Crippen molar-refractivity contribution in [3.8, 4) is 5.75 Å². The number of thiol groups is 1. The van der Waals surface area contributed by atoms with E-state index in [0.29, 0.717) is 11.0 Å². The highest BCUT2D eigenvalue weighted by atomic mass is 79.9. The molecule has 0 spiro atoms. The normalized spacial score (nSPS) is 12.0. The maximum Gasteiger partial charge on any atom is 0.115 e. The van der Waals surface area contributed by atoms with Gasteiger partial charge in [0.05, 0.1) is 0 Å². The van der Waals surface area contributed by atoms with Crippen molar-refractivity contribution in [2.75, 3.05) is 0 Å². The van der Waals surface area contributed by atoms with Gasteiger partial charge in [0.15, 0.2) is 0 Å². The van der Waals surface area contributed by atoms with Crippen molar-refractivity contribution in [2.45, 2.75) is 103 Å². The van der Waals surface area contributed by atoms with Crippen LogP contribution in [0.2, 0.25) is 0 Å². The summed E-state index contributed by atoms with van der Waals surface area (Å²) < 4.78 is 0. The number of hydrogen-bond acceptors (Lipinski definition) is 2. The van der Waals surface area contributed by atoms with E-state index in [0.717, 1.165) is 12.0 Å². The molecule has 0 radical (unpaired) electrons. The Balaban J connectivity index is 0.00000576. The Kier molecular flexibility index (Phi) is 16.0. The Bertz CT molecular complexity index is 436. The van der Waals surface area contributed by atoms with Gasteiger partial charge in [0.2, 0.25) is 0 Å². The van der Waals surface area contributed by atoms with E-state index in [4.69, 9.17) is 12.6 Å². The highest BCUT2D eigenvalue weighted by Crippen LogP contribution is 2.30. The second kappa shape index (κ2) is 16.1. The molecule has 146 valence electrons. The third kappa shape index (κ3) is 12.0. The lowest BCUT2D eigenvalue weighted by atomic mass is 10.00. The van der Waals surface area contributed by atoms with E-state index in [2.05, 4.69) is 13.8 Å². The fourth-order valence-corrected chi connectivity index (χ4v) is 3.84. The van der Waals surface area contributed by atoms with E-state index in [1.165, 1.54) is 82.6 Å². The average Bonchev–Trinajstić information content (AvgIpc) is 2.55. The third-order valence-electron chi connectivity index (χ3n) is 4.94. The van der Waals surface area contributed by atoms with E-state index >= 15 is 0 Å². The van der Waals surface area contributed by atoms with Crippen LogP contribution in [0.1, 0.15) is 107 Å². The summed E-state index contributed by atoms with van der Waals surface area (Å²) in [4.78, 5) is 0. The minimum atomic E-state index is 0. The molecule has 1 atom stereocenters. The predicted octanol–water partition coefficient (Wildman–Crippen LogP) is 8.34. The Morgan fingerprint density at radius 2 is 1.32 bits per heavy atom. The molecular weight excluding hydrogens is 392 g/mol. The van der Waals surface area contributed by atoms with Crippen LogP contribution in [0.25, 0.3) is 0 Å². The number of unbranched alkanes of at least 4 members (excludes halogenated alkanes) is 11. The van der Waals surface area contributed by atoms with Crippen molar-refractivity contribution in [3.63, 3.8) is 0 Å². The largest absolute Gasteiger partial charge is 0.508 e. The average molecular weight is 432 g/mol. The number of phenolic OH excluding ortho intramolecular Hbond substituents is 1. The molecule has 1 aromatic carbocycles. The lowest BCUT2D eigenvalue weighted by Gasteiger charge is -2.14. The number of halogens is 1. The molecule has 0 heterocycles. The first kappa shape index (κ1) is 24.8. The molecule has 1 rings (SSSR count). The fraction of sp³-hybridized carbons (Fsp3) is 0.727. The van der Waals surface area contributed by atoms with Crippen LogP contribution in [-0.4, -0.2) is 5.11 Å². The van der Waals surface area contributed by atoms with Gasteiger partial charge in [0.1, 0.15) is 5.75 Å². The van der Waals surface area contributed by atoms with Crippen LogP contribution < -0.4 is 0 Å². The van der Waals surface area contributed by atoms with E-state index in [-0.39, 0.29) is 17.0 Å². The van der Waals surface area contributed by atoms with Crippen LogP contribution >= 0.6 is 29.6 Å². The molecule has 0 aliphatic rings. The van der Waals surface area contributed by atoms with Crippen molar-refractivity contribution >= 4 is 29.6 Å². The summed E-state index contributed by atoms with van der Waals surface area (Å²) in [5, 5.41) is 9.78. The van der Waals surface area contributed by atoms with E-state index in [9.17, 15) is 5.11 Å². The zero-order valence-corrected chi connectivity index (χ0v) is 18.9. The molecular formula is C22H39BrOS. The maximum atomic E-state index is 9.48. The number of aromatic hydroxyl groups is 1. The van der Waals surface area contributed by atoms with Crippen molar-refractivity contribution < 1.29 is 5.11 Å². The number of rotatable bonds is 14. The van der Waals surface area contributed by atoms with Gasteiger partial charge in [-0.15, -0.1) is 17.0 Å². The molecule has 0 saturated heterocycles. The van der Waals surface area contributed by atoms with Gasteiger partial charge >= 0.3 is 0 Å². The second-order valence-corrected chi connectivity index (χ2v) is 7.86. The number of phenols is 1. The molecule has 1 unspecified atom stereocenters. The molecule has 0 saturated carbocycles. The Labute approximate surface area is 172 Å². The number of benzene rings is 1. The highest BCUT2D eigenvalue weighted by Gasteiger charge is 2.09. The van der Waals surface area contributed by atoms with Crippen LogP contribution in [0.15, 0.2) is 18.2 Å². The quantitative estimate of drug-likeness (QED) is 0.224. The Hall–Kier alpha value is -0.150. The molecule has 0 bridgehead atoms. The SMILES string of the molecule is Br.CCCCCCCCCCCCCCC(S)c1ccc(O)cc1C. The summed E-state index contributed by atoms with van der Waals surface area (Å²) in [6.45, 7) is 4.34. The lowest BCUT2D eigenvalue weighted by Crippen LogP contribution is -1.94. The van der Waals surface area contributed by atoms with Crippen molar-refractivity contribution in [3.05, 3.63) is 29.3 Å². The van der Waals surface area contributed by atoms with Crippen molar-refractivity contribution in [1.29, 1.82) is 0 Å². The molecule has 1 N–H and O–H groups in total. The molecule has 0 fully saturated rings. The van der Waals surface area contributed by atoms with Gasteiger partial charge < -0.3 is 5.11 Å². The second-order valence-electron chi connectivity index (χ2n) is 7.23. The van der Waals surface area contributed by atoms with E-state index in [1.807, 2.05) is 12.1 Å². The third-order valence-corrected chi connectivity index (χ3v) is 5.48. The smallest absolute Gasteiger partial charge is 0.115 e. The van der Waals surface area contributed by atoms with Gasteiger partial charge in [-0.05, 0) is 36.6 Å². The lowest BCUT2D eigenvalue weighted by molar-refractivity contribution is 0.474. The number of aryl methyl sites for hydroxylation is 1. The summed E-state index contributed by atoms with van der Waals surface area (Å²) in [5.74, 6) is 0.349. The molecule has 25 heavy (non-hydrogen) atoms. The van der Waals surface area contributed by atoms with Crippen LogP contribution in [0.5, 0.6) is 5.75 Å². The Morgan fingerprint density at radius 1 is 0.840 bits per heavy atom. The van der Waals surface area contributed by atoms with Gasteiger partial charge in [0, 0.05) is 5.25 Å².